The van der Waals surface area contributed by atoms with E-state index < -0.39 is 40.5 Å². The highest BCUT2D eigenvalue weighted by atomic mass is 32.2. The van der Waals surface area contributed by atoms with Gasteiger partial charge in [-0.3, -0.25) is 9.69 Å². The van der Waals surface area contributed by atoms with Crippen LogP contribution in [0.25, 0.3) is 0 Å². The zero-order valence-electron chi connectivity index (χ0n) is 24.8. The van der Waals surface area contributed by atoms with E-state index in [1.807, 2.05) is 29.2 Å². The highest BCUT2D eigenvalue weighted by Gasteiger charge is 2.36. The second-order valence-electron chi connectivity index (χ2n) is 11.0. The van der Waals surface area contributed by atoms with Gasteiger partial charge in [0.15, 0.2) is 0 Å². The predicted molar refractivity (Wildman–Crippen MR) is 164 cm³/mol. The van der Waals surface area contributed by atoms with Gasteiger partial charge in [0.25, 0.3) is 0 Å². The van der Waals surface area contributed by atoms with Crippen molar-refractivity contribution in [2.24, 2.45) is 0 Å². The summed E-state index contributed by atoms with van der Waals surface area (Å²) >= 11 is 2.15. The maximum absolute atomic E-state index is 14.3. The van der Waals surface area contributed by atoms with Gasteiger partial charge in [0.05, 0.1) is 22.5 Å². The Hall–Kier alpha value is -2.94. The summed E-state index contributed by atoms with van der Waals surface area (Å²) in [5.41, 5.74) is -0.592. The van der Waals surface area contributed by atoms with Gasteiger partial charge in [0.2, 0.25) is 0 Å². The Morgan fingerprint density at radius 3 is 2.22 bits per heavy atom. The van der Waals surface area contributed by atoms with Gasteiger partial charge in [0.1, 0.15) is 17.7 Å². The van der Waals surface area contributed by atoms with Gasteiger partial charge in [0, 0.05) is 54.0 Å². The van der Waals surface area contributed by atoms with Crippen LogP contribution in [0, 0.1) is 5.82 Å². The molecule has 248 valence electrons. The van der Waals surface area contributed by atoms with Gasteiger partial charge in [-0.25, -0.2) is 4.39 Å². The molecule has 5 nitrogen and oxygen atoms in total. The van der Waals surface area contributed by atoms with Crippen molar-refractivity contribution in [3.63, 3.8) is 0 Å². The molecule has 3 aromatic carbocycles. The van der Waals surface area contributed by atoms with Crippen LogP contribution < -0.4 is 4.90 Å². The molecule has 0 saturated carbocycles. The van der Waals surface area contributed by atoms with Crippen LogP contribution >= 0.6 is 23.5 Å². The molecular weight excluding hydrogens is 655 g/mol. The average Bonchev–Trinajstić information content (AvgIpc) is 3.01. The summed E-state index contributed by atoms with van der Waals surface area (Å²) in [6, 6.07) is 14.6. The minimum atomic E-state index is -4.83. The van der Waals surface area contributed by atoms with E-state index in [0.29, 0.717) is 36.6 Å². The Kier molecular flexibility index (Phi) is 10.8. The number of rotatable bonds is 10. The van der Waals surface area contributed by atoms with E-state index in [9.17, 15) is 35.5 Å². The molecule has 0 bridgehead atoms. The maximum atomic E-state index is 14.3. The minimum Gasteiger partial charge on any atom is -0.463 e. The molecule has 0 aromatic heterocycles. The van der Waals surface area contributed by atoms with Crippen molar-refractivity contribution in [3.05, 3.63) is 77.6 Å². The third-order valence-electron chi connectivity index (χ3n) is 7.83. The van der Waals surface area contributed by atoms with Gasteiger partial charge in [-0.2, -0.15) is 26.3 Å². The molecule has 1 fully saturated rings. The highest BCUT2D eigenvalue weighted by Crippen LogP contribution is 2.49. The summed E-state index contributed by atoms with van der Waals surface area (Å²) in [6.45, 7) is 6.38. The van der Waals surface area contributed by atoms with E-state index in [2.05, 4.69) is 9.80 Å². The van der Waals surface area contributed by atoms with Crippen molar-refractivity contribution in [2.75, 3.05) is 57.3 Å². The first-order valence-electron chi connectivity index (χ1n) is 14.7. The fourth-order valence-corrected chi connectivity index (χ4v) is 7.38. The number of fused-ring (bicyclic) bond motifs is 2. The lowest BCUT2D eigenvalue weighted by atomic mass is 10.1. The molecule has 2 aliphatic heterocycles. The van der Waals surface area contributed by atoms with Crippen molar-refractivity contribution in [1.29, 1.82) is 0 Å². The number of carbonyl (C=O) groups excluding carboxylic acids is 1. The molecule has 5 rings (SSSR count). The van der Waals surface area contributed by atoms with Crippen molar-refractivity contribution in [1.82, 2.24) is 9.80 Å². The van der Waals surface area contributed by atoms with E-state index >= 15 is 0 Å². The Labute approximate surface area is 271 Å². The third-order valence-corrected chi connectivity index (χ3v) is 10.1. The molecule has 0 radical (unpaired) electrons. The van der Waals surface area contributed by atoms with E-state index in [4.69, 9.17) is 4.74 Å². The molecule has 14 heteroatoms. The lowest BCUT2D eigenvalue weighted by molar-refractivity contribution is -0.143. The number of alkyl halides is 6. The number of ether oxygens (including phenoxy) is 1. The van der Waals surface area contributed by atoms with Gasteiger partial charge in [-0.1, -0.05) is 30.0 Å². The molecule has 0 spiro atoms. The molecule has 2 aliphatic rings. The fourth-order valence-electron chi connectivity index (χ4n) is 5.39. The van der Waals surface area contributed by atoms with E-state index in [0.717, 1.165) is 66.8 Å². The monoisotopic (exact) mass is 687 g/mol. The maximum Gasteiger partial charge on any atom is 0.419 e. The molecule has 0 aliphatic carbocycles. The lowest BCUT2D eigenvalue weighted by Crippen LogP contribution is -2.47. The van der Waals surface area contributed by atoms with Gasteiger partial charge < -0.3 is 14.5 Å². The number of piperazine rings is 1. The molecule has 2 heterocycles. The summed E-state index contributed by atoms with van der Waals surface area (Å²) < 4.78 is 99.1. The van der Waals surface area contributed by atoms with Gasteiger partial charge in [-0.05, 0) is 62.4 Å². The first kappa shape index (κ1) is 34.4. The Balaban J connectivity index is 1.06. The van der Waals surface area contributed by atoms with Crippen LogP contribution in [0.2, 0.25) is 0 Å². The number of hydrogen-bond donors (Lipinski definition) is 0. The number of carbonyl (C=O) groups is 1. The Morgan fingerprint density at radius 2 is 1.52 bits per heavy atom. The zero-order chi connectivity index (χ0) is 33.1. The quantitative estimate of drug-likeness (QED) is 0.121. The summed E-state index contributed by atoms with van der Waals surface area (Å²) in [6.07, 6.45) is -8.51. The summed E-state index contributed by atoms with van der Waals surface area (Å²) in [5.74, 6) is -2.04. The van der Waals surface area contributed by atoms with Crippen molar-refractivity contribution >= 4 is 40.9 Å². The molecule has 1 unspecified atom stereocenters. The molecular formula is C32H32F7N3O2S2. The summed E-state index contributed by atoms with van der Waals surface area (Å²) in [5, 5.41) is -0.896. The van der Waals surface area contributed by atoms with Crippen LogP contribution in [-0.2, 0) is 21.9 Å². The molecule has 1 saturated heterocycles. The standard InChI is InChI=1S/C32H32F7N3O2S2/c1-21(45-28-9-4-6-23(29(28)33)32(37,38)39)30(43)44-19-18-41-16-14-40(15-17-41)12-5-13-42-24-7-2-3-8-26(24)46-27-11-10-22(20-25(27)42)31(34,35)36/h2-4,6-11,20-21H,5,12-19H2,1H3. The smallest absolute Gasteiger partial charge is 0.419 e. The number of esters is 1. The van der Waals surface area contributed by atoms with Crippen LogP contribution in [0.15, 0.2) is 75.4 Å². The van der Waals surface area contributed by atoms with Crippen LogP contribution in [0.5, 0.6) is 0 Å². The number of para-hydroxylation sites is 1. The fraction of sp³-hybridized carbons (Fsp3) is 0.406. The van der Waals surface area contributed by atoms with E-state index in [-0.39, 0.29) is 11.5 Å². The second-order valence-corrected chi connectivity index (χ2v) is 13.4. The summed E-state index contributed by atoms with van der Waals surface area (Å²) in [4.78, 5) is 20.4. The van der Waals surface area contributed by atoms with Crippen LogP contribution in [0.1, 0.15) is 24.5 Å². The van der Waals surface area contributed by atoms with Crippen LogP contribution in [-0.4, -0.2) is 73.4 Å². The van der Waals surface area contributed by atoms with Gasteiger partial charge in [-0.15, -0.1) is 11.8 Å². The first-order chi connectivity index (χ1) is 21.8. The lowest BCUT2D eigenvalue weighted by Gasteiger charge is -2.36. The normalized spacial score (nSPS) is 16.6. The van der Waals surface area contributed by atoms with Gasteiger partial charge >= 0.3 is 18.3 Å². The molecule has 3 aromatic rings. The first-order valence-corrected chi connectivity index (χ1v) is 16.4. The van der Waals surface area contributed by atoms with E-state index in [1.165, 1.54) is 36.9 Å². The molecule has 0 N–H and O–H groups in total. The minimum absolute atomic E-state index is 0.0977. The number of anilines is 2. The number of benzene rings is 3. The highest BCUT2D eigenvalue weighted by molar-refractivity contribution is 8.00. The van der Waals surface area contributed by atoms with E-state index in [1.54, 1.807) is 0 Å². The molecule has 1 atom stereocenters. The zero-order valence-corrected chi connectivity index (χ0v) is 26.5. The number of nitrogens with zero attached hydrogens (tertiary/aromatic N) is 3. The van der Waals surface area contributed by atoms with Crippen LogP contribution in [0.3, 0.4) is 0 Å². The third kappa shape index (κ3) is 8.31. The predicted octanol–water partition coefficient (Wildman–Crippen LogP) is 8.20. The second kappa shape index (κ2) is 14.4. The van der Waals surface area contributed by atoms with Crippen molar-refractivity contribution in [3.8, 4) is 0 Å². The summed E-state index contributed by atoms with van der Waals surface area (Å²) in [7, 11) is 0. The number of halogens is 7. The topological polar surface area (TPSA) is 36.0 Å². The molecule has 0 amide bonds. The largest absolute Gasteiger partial charge is 0.463 e. The van der Waals surface area contributed by atoms with Crippen molar-refractivity contribution in [2.45, 2.75) is 45.6 Å². The number of thioether (sulfide) groups is 1. The molecule has 46 heavy (non-hydrogen) atoms. The SMILES string of the molecule is CC(Sc1cccc(C(F)(F)F)c1F)C(=O)OCCN1CCN(CCCN2c3ccccc3Sc3ccc(C(F)(F)F)cc32)CC1. The Morgan fingerprint density at radius 1 is 0.848 bits per heavy atom. The Bertz CT molecular complexity index is 1530. The van der Waals surface area contributed by atoms with Crippen LogP contribution in [0.4, 0.5) is 42.1 Å². The van der Waals surface area contributed by atoms with Crippen molar-refractivity contribution < 1.29 is 40.3 Å². The average molecular weight is 688 g/mol. The number of hydrogen-bond acceptors (Lipinski definition) is 7.